The van der Waals surface area contributed by atoms with Crippen molar-refractivity contribution < 1.29 is 4.39 Å². The molecular weight excluding hydrogens is 247 g/mol. The number of nitrogens with two attached hydrogens (primary N) is 1. The molecule has 1 saturated heterocycles. The lowest BCUT2D eigenvalue weighted by Gasteiger charge is -2.43. The van der Waals surface area contributed by atoms with Crippen molar-refractivity contribution in [2.75, 3.05) is 31.1 Å². The summed E-state index contributed by atoms with van der Waals surface area (Å²) in [6, 6.07) is 6.86. The summed E-state index contributed by atoms with van der Waals surface area (Å²) >= 11 is 1.99. The van der Waals surface area contributed by atoms with E-state index in [9.17, 15) is 4.39 Å². The highest BCUT2D eigenvalue weighted by Crippen LogP contribution is 2.24. The second kappa shape index (κ2) is 6.04. The van der Waals surface area contributed by atoms with Gasteiger partial charge in [0.1, 0.15) is 5.82 Å². The number of hydrogen-bond acceptors (Lipinski definition) is 3. The van der Waals surface area contributed by atoms with Gasteiger partial charge in [0.15, 0.2) is 0 Å². The number of hydrogen-bond donors (Lipinski definition) is 1. The molecule has 100 valence electrons. The minimum atomic E-state index is -0.166. The normalized spacial score (nSPS) is 20.6. The van der Waals surface area contributed by atoms with E-state index in [1.807, 2.05) is 17.8 Å². The standard InChI is InChI=1S/C14H21FN2S/c1-14(11-16,17-5-7-18-8-6-17)10-12-3-2-4-13(15)9-12/h2-4,9H,5-8,10-11,16H2,1H3. The minimum Gasteiger partial charge on any atom is -0.329 e. The maximum atomic E-state index is 13.2. The van der Waals surface area contributed by atoms with E-state index in [-0.39, 0.29) is 11.4 Å². The van der Waals surface area contributed by atoms with Crippen LogP contribution >= 0.6 is 11.8 Å². The molecule has 1 aromatic carbocycles. The molecule has 1 aliphatic rings. The van der Waals surface area contributed by atoms with Gasteiger partial charge in [0.25, 0.3) is 0 Å². The molecule has 2 rings (SSSR count). The third-order valence-corrected chi connectivity index (χ3v) is 4.63. The molecule has 4 heteroatoms. The van der Waals surface area contributed by atoms with Crippen LogP contribution < -0.4 is 5.73 Å². The molecule has 1 atom stereocenters. The summed E-state index contributed by atoms with van der Waals surface area (Å²) in [4.78, 5) is 2.45. The Balaban J connectivity index is 2.11. The summed E-state index contributed by atoms with van der Waals surface area (Å²) in [7, 11) is 0. The van der Waals surface area contributed by atoms with Crippen molar-refractivity contribution in [1.82, 2.24) is 4.90 Å². The molecule has 0 spiro atoms. The maximum Gasteiger partial charge on any atom is 0.123 e. The van der Waals surface area contributed by atoms with Gasteiger partial charge in [-0.3, -0.25) is 4.90 Å². The van der Waals surface area contributed by atoms with Crippen molar-refractivity contribution in [3.63, 3.8) is 0 Å². The third-order valence-electron chi connectivity index (χ3n) is 3.69. The van der Waals surface area contributed by atoms with Crippen molar-refractivity contribution in [3.8, 4) is 0 Å². The van der Waals surface area contributed by atoms with E-state index in [0.29, 0.717) is 6.54 Å². The zero-order valence-corrected chi connectivity index (χ0v) is 11.7. The van der Waals surface area contributed by atoms with Crippen molar-refractivity contribution >= 4 is 11.8 Å². The first-order chi connectivity index (χ1) is 8.64. The Labute approximate surface area is 113 Å². The molecule has 1 unspecified atom stereocenters. The molecule has 1 aromatic rings. The molecule has 0 amide bonds. The van der Waals surface area contributed by atoms with Gasteiger partial charge in [-0.1, -0.05) is 12.1 Å². The highest BCUT2D eigenvalue weighted by atomic mass is 32.2. The highest BCUT2D eigenvalue weighted by molar-refractivity contribution is 7.99. The van der Waals surface area contributed by atoms with Crippen LogP contribution in [0.25, 0.3) is 0 Å². The summed E-state index contributed by atoms with van der Waals surface area (Å²) in [5, 5.41) is 0. The monoisotopic (exact) mass is 268 g/mol. The van der Waals surface area contributed by atoms with E-state index >= 15 is 0 Å². The second-order valence-corrected chi connectivity index (χ2v) is 6.33. The first kappa shape index (κ1) is 13.8. The van der Waals surface area contributed by atoms with Crippen LogP contribution in [-0.2, 0) is 6.42 Å². The SMILES string of the molecule is CC(CN)(Cc1cccc(F)c1)N1CCSCC1. The Hall–Kier alpha value is -0.580. The largest absolute Gasteiger partial charge is 0.329 e. The molecule has 2 nitrogen and oxygen atoms in total. The van der Waals surface area contributed by atoms with Crippen LogP contribution in [0, 0.1) is 5.82 Å². The Bertz CT molecular complexity index is 393. The van der Waals surface area contributed by atoms with Crippen molar-refractivity contribution in [2.45, 2.75) is 18.9 Å². The van der Waals surface area contributed by atoms with Gasteiger partial charge in [-0.05, 0) is 31.0 Å². The predicted molar refractivity (Wildman–Crippen MR) is 76.5 cm³/mol. The lowest BCUT2D eigenvalue weighted by molar-refractivity contribution is 0.123. The average molecular weight is 268 g/mol. The Kier molecular flexibility index (Phi) is 4.65. The second-order valence-electron chi connectivity index (χ2n) is 5.11. The number of benzene rings is 1. The Morgan fingerprint density at radius 1 is 1.39 bits per heavy atom. The first-order valence-corrected chi connectivity index (χ1v) is 7.57. The van der Waals surface area contributed by atoms with E-state index in [0.717, 1.165) is 25.1 Å². The van der Waals surface area contributed by atoms with Gasteiger partial charge in [0.2, 0.25) is 0 Å². The van der Waals surface area contributed by atoms with Crippen molar-refractivity contribution in [2.24, 2.45) is 5.73 Å². The highest BCUT2D eigenvalue weighted by Gasteiger charge is 2.31. The van der Waals surface area contributed by atoms with Gasteiger partial charge in [0, 0.05) is 36.7 Å². The molecule has 0 radical (unpaired) electrons. The molecule has 0 aliphatic carbocycles. The van der Waals surface area contributed by atoms with Gasteiger partial charge in [-0.2, -0.15) is 11.8 Å². The molecule has 0 saturated carbocycles. The first-order valence-electron chi connectivity index (χ1n) is 6.41. The lowest BCUT2D eigenvalue weighted by atomic mass is 9.90. The third kappa shape index (κ3) is 3.25. The zero-order chi connectivity index (χ0) is 13.0. The van der Waals surface area contributed by atoms with Crippen LogP contribution in [0.2, 0.25) is 0 Å². The van der Waals surface area contributed by atoms with Crippen molar-refractivity contribution in [1.29, 1.82) is 0 Å². The smallest absolute Gasteiger partial charge is 0.123 e. The fraction of sp³-hybridized carbons (Fsp3) is 0.571. The van der Waals surface area contributed by atoms with E-state index in [1.165, 1.54) is 17.6 Å². The summed E-state index contributed by atoms with van der Waals surface area (Å²) in [6.07, 6.45) is 0.811. The van der Waals surface area contributed by atoms with Crippen LogP contribution in [0.3, 0.4) is 0 Å². The van der Waals surface area contributed by atoms with Crippen LogP contribution in [0.15, 0.2) is 24.3 Å². The zero-order valence-electron chi connectivity index (χ0n) is 10.9. The van der Waals surface area contributed by atoms with E-state index < -0.39 is 0 Å². The Morgan fingerprint density at radius 2 is 2.11 bits per heavy atom. The lowest BCUT2D eigenvalue weighted by Crippen LogP contribution is -2.55. The van der Waals surface area contributed by atoms with E-state index in [1.54, 1.807) is 12.1 Å². The summed E-state index contributed by atoms with van der Waals surface area (Å²) in [6.45, 7) is 4.95. The molecule has 1 heterocycles. The number of rotatable bonds is 4. The van der Waals surface area contributed by atoms with Gasteiger partial charge in [-0.15, -0.1) is 0 Å². The summed E-state index contributed by atoms with van der Waals surface area (Å²) in [5.41, 5.74) is 6.95. The van der Waals surface area contributed by atoms with Gasteiger partial charge in [0.05, 0.1) is 0 Å². The van der Waals surface area contributed by atoms with E-state index in [4.69, 9.17) is 5.73 Å². The molecule has 0 aromatic heterocycles. The molecule has 18 heavy (non-hydrogen) atoms. The summed E-state index contributed by atoms with van der Waals surface area (Å²) in [5.74, 6) is 2.17. The molecule has 1 fully saturated rings. The van der Waals surface area contributed by atoms with Crippen molar-refractivity contribution in [3.05, 3.63) is 35.6 Å². The van der Waals surface area contributed by atoms with Crippen LogP contribution in [0.1, 0.15) is 12.5 Å². The number of thioether (sulfide) groups is 1. The summed E-state index contributed by atoms with van der Waals surface area (Å²) < 4.78 is 13.2. The van der Waals surface area contributed by atoms with Gasteiger partial charge >= 0.3 is 0 Å². The number of halogens is 1. The maximum absolute atomic E-state index is 13.2. The number of nitrogens with zero attached hydrogens (tertiary/aromatic N) is 1. The quantitative estimate of drug-likeness (QED) is 0.907. The Morgan fingerprint density at radius 3 is 2.72 bits per heavy atom. The average Bonchev–Trinajstić information content (AvgIpc) is 2.39. The molecule has 0 bridgehead atoms. The van der Waals surface area contributed by atoms with Crippen LogP contribution in [0.4, 0.5) is 4.39 Å². The topological polar surface area (TPSA) is 29.3 Å². The van der Waals surface area contributed by atoms with Crippen LogP contribution in [0.5, 0.6) is 0 Å². The van der Waals surface area contributed by atoms with Crippen LogP contribution in [-0.4, -0.2) is 41.6 Å². The fourth-order valence-corrected chi connectivity index (χ4v) is 3.41. The van der Waals surface area contributed by atoms with Gasteiger partial charge in [-0.25, -0.2) is 4.39 Å². The fourth-order valence-electron chi connectivity index (χ4n) is 2.50. The molecule has 1 aliphatic heterocycles. The van der Waals surface area contributed by atoms with E-state index in [2.05, 4.69) is 11.8 Å². The predicted octanol–water partition coefficient (Wildman–Crippen LogP) is 2.13. The van der Waals surface area contributed by atoms with Gasteiger partial charge < -0.3 is 5.73 Å². The molecular formula is C14H21FN2S. The molecule has 2 N–H and O–H groups in total. The minimum absolute atomic E-state index is 0.0607.